The van der Waals surface area contributed by atoms with Crippen LogP contribution in [0.2, 0.25) is 0 Å². The fraction of sp³-hybridized carbons (Fsp3) is 0.357. The van der Waals surface area contributed by atoms with E-state index in [2.05, 4.69) is 44.4 Å². The van der Waals surface area contributed by atoms with E-state index in [0.29, 0.717) is 6.61 Å². The van der Waals surface area contributed by atoms with Crippen LogP contribution in [0.1, 0.15) is 50.7 Å². The Balaban J connectivity index is 0.000000890. The zero-order chi connectivity index (χ0) is 24.1. The fourth-order valence-electron chi connectivity index (χ4n) is 3.00. The van der Waals surface area contributed by atoms with Crippen molar-refractivity contribution in [3.63, 3.8) is 0 Å². The van der Waals surface area contributed by atoms with Gasteiger partial charge in [-0.05, 0) is 50.6 Å². The molecule has 0 saturated heterocycles. The SMILES string of the molecule is CCCCOB(Oc1ccc(C)cc1)Oc1ccc(C)cc1-c1cccc[n+]1C.[CH2-]CCC. The third kappa shape index (κ3) is 8.93. The molecule has 0 N–H and O–H groups in total. The summed E-state index contributed by atoms with van der Waals surface area (Å²) in [5.41, 5.74) is 4.41. The van der Waals surface area contributed by atoms with Crippen molar-refractivity contribution < 1.29 is 18.5 Å². The molecule has 0 amide bonds. The largest absolute Gasteiger partial charge is 0.788 e. The summed E-state index contributed by atoms with van der Waals surface area (Å²) in [6.45, 7) is 12.6. The molecule has 5 heteroatoms. The van der Waals surface area contributed by atoms with Gasteiger partial charge in [-0.2, -0.15) is 6.42 Å². The lowest BCUT2D eigenvalue weighted by Gasteiger charge is -2.18. The van der Waals surface area contributed by atoms with E-state index in [1.807, 2.05) is 68.7 Å². The summed E-state index contributed by atoms with van der Waals surface area (Å²) < 4.78 is 20.3. The van der Waals surface area contributed by atoms with Crippen molar-refractivity contribution in [2.24, 2.45) is 7.05 Å². The molecule has 0 aliphatic rings. The number of aryl methyl sites for hydroxylation is 3. The zero-order valence-electron chi connectivity index (χ0n) is 20.8. The summed E-state index contributed by atoms with van der Waals surface area (Å²) in [5.74, 6) is 1.45. The average molecular weight is 447 g/mol. The first-order valence-corrected chi connectivity index (χ1v) is 11.8. The molecule has 0 saturated carbocycles. The Hall–Kier alpha value is -2.79. The van der Waals surface area contributed by atoms with Crippen LogP contribution in [-0.4, -0.2) is 13.9 Å². The van der Waals surface area contributed by atoms with E-state index < -0.39 is 7.32 Å². The molecule has 0 radical (unpaired) electrons. The van der Waals surface area contributed by atoms with E-state index in [-0.39, 0.29) is 0 Å². The van der Waals surface area contributed by atoms with Crippen LogP contribution in [0.3, 0.4) is 0 Å². The molecule has 3 aromatic rings. The van der Waals surface area contributed by atoms with Crippen LogP contribution < -0.4 is 13.9 Å². The highest BCUT2D eigenvalue weighted by molar-refractivity contribution is 6.38. The second-order valence-corrected chi connectivity index (χ2v) is 8.11. The van der Waals surface area contributed by atoms with Gasteiger partial charge in [0.1, 0.15) is 18.5 Å². The lowest BCUT2D eigenvalue weighted by Crippen LogP contribution is -2.35. The zero-order valence-corrected chi connectivity index (χ0v) is 20.8. The van der Waals surface area contributed by atoms with Crippen molar-refractivity contribution in [3.05, 3.63) is 84.9 Å². The van der Waals surface area contributed by atoms with Crippen molar-refractivity contribution in [2.75, 3.05) is 6.61 Å². The first-order chi connectivity index (χ1) is 16.0. The molecule has 0 spiro atoms. The monoisotopic (exact) mass is 447 g/mol. The van der Waals surface area contributed by atoms with E-state index >= 15 is 0 Å². The Morgan fingerprint density at radius 1 is 0.879 bits per heavy atom. The van der Waals surface area contributed by atoms with Gasteiger partial charge in [-0.15, -0.1) is 0 Å². The molecule has 3 rings (SSSR count). The van der Waals surface area contributed by atoms with Gasteiger partial charge in [-0.1, -0.05) is 56.0 Å². The summed E-state index contributed by atoms with van der Waals surface area (Å²) in [4.78, 5) is 0. The van der Waals surface area contributed by atoms with E-state index in [9.17, 15) is 0 Å². The molecule has 2 aromatic carbocycles. The van der Waals surface area contributed by atoms with Crippen LogP contribution in [-0.2, 0) is 11.7 Å². The third-order valence-electron chi connectivity index (χ3n) is 5.05. The lowest BCUT2D eigenvalue weighted by atomic mass is 10.1. The molecule has 33 heavy (non-hydrogen) atoms. The Labute approximate surface area is 200 Å². The predicted molar refractivity (Wildman–Crippen MR) is 137 cm³/mol. The highest BCUT2D eigenvalue weighted by Gasteiger charge is 2.29. The van der Waals surface area contributed by atoms with Gasteiger partial charge in [0.15, 0.2) is 6.20 Å². The van der Waals surface area contributed by atoms with Gasteiger partial charge in [0.25, 0.3) is 0 Å². The number of hydrogen-bond donors (Lipinski definition) is 0. The van der Waals surface area contributed by atoms with Gasteiger partial charge in [0.2, 0.25) is 5.69 Å². The smallest absolute Gasteiger partial charge is 0.501 e. The number of unbranched alkanes of at least 4 members (excludes halogenated alkanes) is 2. The molecule has 0 atom stereocenters. The quantitative estimate of drug-likeness (QED) is 0.150. The minimum absolute atomic E-state index is 0.577. The van der Waals surface area contributed by atoms with Crippen LogP contribution in [0.5, 0.6) is 11.5 Å². The molecule has 1 aromatic heterocycles. The molecule has 0 unspecified atom stereocenters. The molecular formula is C28H38BNO3. The number of aromatic nitrogens is 1. The second-order valence-electron chi connectivity index (χ2n) is 8.11. The van der Waals surface area contributed by atoms with Crippen LogP contribution in [0.25, 0.3) is 11.3 Å². The minimum Gasteiger partial charge on any atom is -0.501 e. The van der Waals surface area contributed by atoms with Crippen molar-refractivity contribution in [1.29, 1.82) is 0 Å². The first-order valence-electron chi connectivity index (χ1n) is 11.8. The lowest BCUT2D eigenvalue weighted by molar-refractivity contribution is -0.660. The molecular weight excluding hydrogens is 409 g/mol. The third-order valence-corrected chi connectivity index (χ3v) is 5.05. The highest BCUT2D eigenvalue weighted by Crippen LogP contribution is 2.30. The molecule has 0 aliphatic carbocycles. The van der Waals surface area contributed by atoms with Gasteiger partial charge in [-0.25, -0.2) is 4.57 Å². The average Bonchev–Trinajstić information content (AvgIpc) is 2.82. The van der Waals surface area contributed by atoms with E-state index in [1.165, 1.54) is 17.5 Å². The molecule has 0 bridgehead atoms. The maximum atomic E-state index is 6.23. The number of rotatable bonds is 10. The predicted octanol–water partition coefficient (Wildman–Crippen LogP) is 6.67. The Bertz CT molecular complexity index is 958. The Kier molecular flexibility index (Phi) is 11.5. The van der Waals surface area contributed by atoms with E-state index in [0.717, 1.165) is 42.0 Å². The van der Waals surface area contributed by atoms with Gasteiger partial charge >= 0.3 is 7.32 Å². The van der Waals surface area contributed by atoms with E-state index in [4.69, 9.17) is 14.0 Å². The van der Waals surface area contributed by atoms with Crippen molar-refractivity contribution in [2.45, 2.75) is 53.4 Å². The van der Waals surface area contributed by atoms with Crippen molar-refractivity contribution >= 4 is 7.32 Å². The maximum Gasteiger partial charge on any atom is 0.788 e. The fourth-order valence-corrected chi connectivity index (χ4v) is 3.00. The van der Waals surface area contributed by atoms with E-state index in [1.54, 1.807) is 0 Å². The van der Waals surface area contributed by atoms with Gasteiger partial charge in [0, 0.05) is 18.7 Å². The summed E-state index contributed by atoms with van der Waals surface area (Å²) in [5, 5.41) is 0. The van der Waals surface area contributed by atoms with Crippen molar-refractivity contribution in [1.82, 2.24) is 0 Å². The maximum absolute atomic E-state index is 6.23. The van der Waals surface area contributed by atoms with Crippen LogP contribution in [0.4, 0.5) is 0 Å². The topological polar surface area (TPSA) is 31.6 Å². The molecule has 176 valence electrons. The summed E-state index contributed by atoms with van der Waals surface area (Å²) in [7, 11) is 1.21. The van der Waals surface area contributed by atoms with Crippen LogP contribution >= 0.6 is 0 Å². The summed E-state index contributed by atoms with van der Waals surface area (Å²) >= 11 is 0. The minimum atomic E-state index is -0.820. The molecule has 4 nitrogen and oxygen atoms in total. The number of hydrogen-bond acceptors (Lipinski definition) is 3. The molecule has 1 heterocycles. The number of pyridine rings is 1. The number of nitrogens with zero attached hydrogens (tertiary/aromatic N) is 1. The van der Waals surface area contributed by atoms with Crippen LogP contribution in [0.15, 0.2) is 66.9 Å². The van der Waals surface area contributed by atoms with Gasteiger partial charge < -0.3 is 20.9 Å². The summed E-state index contributed by atoms with van der Waals surface area (Å²) in [6, 6.07) is 20.2. The summed E-state index contributed by atoms with van der Waals surface area (Å²) in [6.07, 6.45) is 6.30. The van der Waals surface area contributed by atoms with Gasteiger partial charge in [-0.3, -0.25) is 0 Å². The van der Waals surface area contributed by atoms with Crippen molar-refractivity contribution in [3.8, 4) is 22.8 Å². The molecule has 0 fully saturated rings. The Morgan fingerprint density at radius 3 is 2.21 bits per heavy atom. The van der Waals surface area contributed by atoms with Gasteiger partial charge in [0.05, 0.1) is 5.56 Å². The number of benzene rings is 2. The molecule has 0 aliphatic heterocycles. The highest BCUT2D eigenvalue weighted by atomic mass is 16.7. The first kappa shape index (κ1) is 26.5. The standard InChI is InChI=1S/C24H29BNO3.C4H9/c1-5-6-17-27-25(28-21-13-10-19(2)11-14-21)29-24-15-12-20(3)18-22(24)23-9-7-8-16-26(23)4;1-3-4-2/h7-16,18H,5-6,17H2,1-4H3;1,3-4H2,2H3/q+1;-1. The Morgan fingerprint density at radius 2 is 1.58 bits per heavy atom. The van der Waals surface area contributed by atoms with Crippen LogP contribution in [0, 0.1) is 20.8 Å². The normalized spacial score (nSPS) is 10.2. The second kappa shape index (κ2) is 14.4.